The fourth-order valence-corrected chi connectivity index (χ4v) is 2.21. The van der Waals surface area contributed by atoms with Crippen molar-refractivity contribution in [3.63, 3.8) is 0 Å². The summed E-state index contributed by atoms with van der Waals surface area (Å²) in [5.41, 5.74) is -0.328. The predicted molar refractivity (Wildman–Crippen MR) is 82.9 cm³/mol. The van der Waals surface area contributed by atoms with Crippen LogP contribution in [0.2, 0.25) is 5.02 Å². The molecule has 124 valence electrons. The lowest BCUT2D eigenvalue weighted by Gasteiger charge is -2.34. The van der Waals surface area contributed by atoms with E-state index in [1.54, 1.807) is 0 Å². The Morgan fingerprint density at radius 3 is 2.79 bits per heavy atom. The van der Waals surface area contributed by atoms with Gasteiger partial charge in [-0.15, -0.1) is 6.42 Å². The van der Waals surface area contributed by atoms with Crippen LogP contribution < -0.4 is 15.5 Å². The molecule has 0 bridgehead atoms. The summed E-state index contributed by atoms with van der Waals surface area (Å²) in [6.45, 7) is -0.287. The molecule has 24 heavy (non-hydrogen) atoms. The number of urea groups is 2. The van der Waals surface area contributed by atoms with Crippen molar-refractivity contribution in [1.29, 1.82) is 0 Å². The molecule has 0 radical (unpaired) electrons. The summed E-state index contributed by atoms with van der Waals surface area (Å²) >= 11 is 5.94. The Kier molecular flexibility index (Phi) is 5.01. The third-order valence-corrected chi connectivity index (χ3v) is 3.34. The van der Waals surface area contributed by atoms with Crippen LogP contribution in [-0.4, -0.2) is 42.4 Å². The number of imide groups is 1. The highest BCUT2D eigenvalue weighted by Gasteiger charge is 2.31. The van der Waals surface area contributed by atoms with Crippen molar-refractivity contribution in [2.45, 2.75) is 0 Å². The molecule has 2 N–H and O–H groups in total. The minimum absolute atomic E-state index is 0.0197. The number of benzene rings is 1. The fourth-order valence-electron chi connectivity index (χ4n) is 1.96. The first kappa shape index (κ1) is 17.2. The second-order valence-electron chi connectivity index (χ2n) is 4.60. The van der Waals surface area contributed by atoms with E-state index in [1.165, 1.54) is 0 Å². The molecule has 5 amide bonds. The van der Waals surface area contributed by atoms with Gasteiger partial charge in [0, 0.05) is 0 Å². The molecule has 1 saturated heterocycles. The van der Waals surface area contributed by atoms with Gasteiger partial charge in [0.05, 0.1) is 22.9 Å². The van der Waals surface area contributed by atoms with Crippen molar-refractivity contribution < 1.29 is 23.6 Å². The van der Waals surface area contributed by atoms with Crippen LogP contribution in [0.5, 0.6) is 0 Å². The standard InChI is InChI=1S/C14H10ClFN4O4/c1-2-3-19-7-20(14(24)18-13(19)23)11-5-10(17-12(22)6-21)9(16)4-8(11)15/h1,4-6H,3,7H2,(H,17,22)(H,18,23,24). The Balaban J connectivity index is 2.39. The minimum atomic E-state index is -1.07. The van der Waals surface area contributed by atoms with E-state index < -0.39 is 23.8 Å². The van der Waals surface area contributed by atoms with Crippen LogP contribution in [0.25, 0.3) is 0 Å². The lowest BCUT2D eigenvalue weighted by molar-refractivity contribution is -0.127. The first-order valence-corrected chi connectivity index (χ1v) is 6.81. The quantitative estimate of drug-likeness (QED) is 0.482. The SMILES string of the molecule is C#CCN1CN(c2cc(NC(=O)C=O)c(F)cc2Cl)C(=O)NC1=O. The zero-order chi connectivity index (χ0) is 17.9. The highest BCUT2D eigenvalue weighted by Crippen LogP contribution is 2.32. The number of terminal acetylenes is 1. The number of amides is 5. The van der Waals surface area contributed by atoms with E-state index in [9.17, 15) is 23.6 Å². The van der Waals surface area contributed by atoms with Crippen molar-refractivity contribution in [2.75, 3.05) is 23.4 Å². The summed E-state index contributed by atoms with van der Waals surface area (Å²) < 4.78 is 13.8. The lowest BCUT2D eigenvalue weighted by Crippen LogP contribution is -2.59. The fraction of sp³-hybridized carbons (Fsp3) is 0.143. The highest BCUT2D eigenvalue weighted by molar-refractivity contribution is 6.34. The predicted octanol–water partition coefficient (Wildman–Crippen LogP) is 1.16. The number of nitrogens with one attached hydrogen (secondary N) is 2. The zero-order valence-electron chi connectivity index (χ0n) is 12.0. The number of hydrogen-bond acceptors (Lipinski definition) is 4. The molecule has 2 rings (SSSR count). The third-order valence-electron chi connectivity index (χ3n) is 3.03. The molecule has 1 aromatic rings. The Labute approximate surface area is 140 Å². The van der Waals surface area contributed by atoms with Crippen LogP contribution in [0.3, 0.4) is 0 Å². The lowest BCUT2D eigenvalue weighted by atomic mass is 10.2. The maximum Gasteiger partial charge on any atom is 0.331 e. The van der Waals surface area contributed by atoms with Crippen molar-refractivity contribution >= 4 is 47.2 Å². The van der Waals surface area contributed by atoms with E-state index in [0.717, 1.165) is 21.9 Å². The van der Waals surface area contributed by atoms with Gasteiger partial charge < -0.3 is 5.32 Å². The maximum atomic E-state index is 13.8. The Morgan fingerprint density at radius 2 is 2.17 bits per heavy atom. The first-order valence-electron chi connectivity index (χ1n) is 6.43. The number of rotatable bonds is 4. The summed E-state index contributed by atoms with van der Waals surface area (Å²) in [5.74, 6) is 0.292. The number of nitrogens with zero attached hydrogens (tertiary/aromatic N) is 2. The van der Waals surface area contributed by atoms with Crippen LogP contribution in [0.15, 0.2) is 12.1 Å². The van der Waals surface area contributed by atoms with Gasteiger partial charge in [-0.05, 0) is 12.1 Å². The summed E-state index contributed by atoms with van der Waals surface area (Å²) in [6, 6.07) is 0.464. The van der Waals surface area contributed by atoms with Crippen molar-refractivity contribution in [3.05, 3.63) is 23.0 Å². The zero-order valence-corrected chi connectivity index (χ0v) is 12.8. The van der Waals surface area contributed by atoms with Crippen molar-refractivity contribution in [1.82, 2.24) is 10.2 Å². The molecule has 10 heteroatoms. The number of carbonyl (C=O) groups excluding carboxylic acids is 4. The molecule has 0 aromatic heterocycles. The summed E-state index contributed by atoms with van der Waals surface area (Å²) in [7, 11) is 0. The van der Waals surface area contributed by atoms with Crippen LogP contribution >= 0.6 is 11.6 Å². The van der Waals surface area contributed by atoms with E-state index >= 15 is 0 Å². The van der Waals surface area contributed by atoms with Gasteiger partial charge in [0.1, 0.15) is 12.5 Å². The molecule has 0 saturated carbocycles. The number of halogens is 2. The van der Waals surface area contributed by atoms with Gasteiger partial charge in [-0.25, -0.2) is 14.0 Å². The van der Waals surface area contributed by atoms with Gasteiger partial charge >= 0.3 is 12.1 Å². The molecule has 1 aliphatic rings. The van der Waals surface area contributed by atoms with Gasteiger partial charge in [0.25, 0.3) is 5.91 Å². The number of aldehydes is 1. The normalized spacial score (nSPS) is 14.0. The average molecular weight is 353 g/mol. The topological polar surface area (TPSA) is 98.8 Å². The third kappa shape index (κ3) is 3.44. The minimum Gasteiger partial charge on any atom is -0.317 e. The second-order valence-corrected chi connectivity index (χ2v) is 5.00. The van der Waals surface area contributed by atoms with Crippen LogP contribution in [0, 0.1) is 18.2 Å². The second kappa shape index (κ2) is 6.97. The highest BCUT2D eigenvalue weighted by atomic mass is 35.5. The molecule has 0 spiro atoms. The molecule has 1 aliphatic heterocycles. The molecular weight excluding hydrogens is 343 g/mol. The largest absolute Gasteiger partial charge is 0.331 e. The number of anilines is 2. The van der Waals surface area contributed by atoms with Crippen molar-refractivity contribution in [2.24, 2.45) is 0 Å². The molecule has 0 aliphatic carbocycles. The van der Waals surface area contributed by atoms with Gasteiger partial charge in [0.2, 0.25) is 6.29 Å². The number of hydrogen-bond donors (Lipinski definition) is 2. The molecule has 1 fully saturated rings. The van der Waals surface area contributed by atoms with Crippen LogP contribution in [0.1, 0.15) is 0 Å². The van der Waals surface area contributed by atoms with Gasteiger partial charge in [0.15, 0.2) is 0 Å². The van der Waals surface area contributed by atoms with Gasteiger partial charge in [-0.1, -0.05) is 17.5 Å². The first-order chi connectivity index (χ1) is 11.4. The Bertz CT molecular complexity index is 777. The Hall–Kier alpha value is -3.12. The van der Waals surface area contributed by atoms with Gasteiger partial charge in [-0.2, -0.15) is 0 Å². The van der Waals surface area contributed by atoms with E-state index in [1.807, 2.05) is 5.32 Å². The smallest absolute Gasteiger partial charge is 0.317 e. The summed E-state index contributed by atoms with van der Waals surface area (Å²) in [5, 5.41) is 3.94. The molecule has 1 aromatic carbocycles. The molecule has 0 unspecified atom stereocenters. The Morgan fingerprint density at radius 1 is 1.46 bits per heavy atom. The van der Waals surface area contributed by atoms with E-state index in [-0.39, 0.29) is 35.9 Å². The maximum absolute atomic E-state index is 13.8. The van der Waals surface area contributed by atoms with E-state index in [4.69, 9.17) is 18.0 Å². The monoisotopic (exact) mass is 352 g/mol. The van der Waals surface area contributed by atoms with Crippen molar-refractivity contribution in [3.8, 4) is 12.3 Å². The average Bonchev–Trinajstić information content (AvgIpc) is 2.53. The van der Waals surface area contributed by atoms with Crippen LogP contribution in [-0.2, 0) is 9.59 Å². The molecular formula is C14H10ClFN4O4. The van der Waals surface area contributed by atoms with Crippen LogP contribution in [0.4, 0.5) is 25.4 Å². The van der Waals surface area contributed by atoms with E-state index in [0.29, 0.717) is 0 Å². The summed E-state index contributed by atoms with van der Waals surface area (Å²) in [6.07, 6.45) is 5.12. The number of carbonyl (C=O) groups is 4. The van der Waals surface area contributed by atoms with Gasteiger partial charge in [-0.3, -0.25) is 24.7 Å². The molecule has 0 atom stereocenters. The summed E-state index contributed by atoms with van der Waals surface area (Å²) in [4.78, 5) is 47.3. The molecule has 8 nitrogen and oxygen atoms in total. The molecule has 1 heterocycles. The van der Waals surface area contributed by atoms with E-state index in [2.05, 4.69) is 11.2 Å².